The fraction of sp³-hybridized carbons (Fsp3) is 0.250. The molecule has 0 saturated carbocycles. The van der Waals surface area contributed by atoms with Gasteiger partial charge in [-0.2, -0.15) is 0 Å². The van der Waals surface area contributed by atoms with E-state index in [-0.39, 0.29) is 23.0 Å². The third kappa shape index (κ3) is 1.23. The van der Waals surface area contributed by atoms with Crippen molar-refractivity contribution in [3.8, 4) is 23.0 Å². The SMILES string of the molecule is COc1c(O)[c]cc(O)c1OC. The number of aromatic hydroxyl groups is 2. The Morgan fingerprint density at radius 3 is 2.17 bits per heavy atom. The molecule has 0 heterocycles. The van der Waals surface area contributed by atoms with E-state index in [1.54, 1.807) is 0 Å². The predicted octanol–water partition coefficient (Wildman–Crippen LogP) is 0.915. The normalized spacial score (nSPS) is 9.50. The van der Waals surface area contributed by atoms with Gasteiger partial charge in [-0.15, -0.1) is 0 Å². The van der Waals surface area contributed by atoms with E-state index in [0.29, 0.717) is 0 Å². The Morgan fingerprint density at radius 2 is 1.75 bits per heavy atom. The van der Waals surface area contributed by atoms with Crippen molar-refractivity contribution in [1.29, 1.82) is 0 Å². The van der Waals surface area contributed by atoms with E-state index >= 15 is 0 Å². The number of hydrogen-bond donors (Lipinski definition) is 2. The van der Waals surface area contributed by atoms with Gasteiger partial charge in [-0.05, 0) is 6.07 Å². The van der Waals surface area contributed by atoms with E-state index in [2.05, 4.69) is 6.07 Å². The Labute approximate surface area is 70.0 Å². The second kappa shape index (κ2) is 3.21. The molecule has 1 rings (SSSR count). The minimum Gasteiger partial charge on any atom is -0.504 e. The number of methoxy groups -OCH3 is 2. The van der Waals surface area contributed by atoms with Crippen LogP contribution in [0, 0.1) is 6.07 Å². The van der Waals surface area contributed by atoms with Crippen molar-refractivity contribution in [1.82, 2.24) is 0 Å². The molecule has 1 aromatic rings. The van der Waals surface area contributed by atoms with Crippen LogP contribution in [0.2, 0.25) is 0 Å². The monoisotopic (exact) mass is 169 g/mol. The first kappa shape index (κ1) is 8.52. The molecule has 0 saturated heterocycles. The Balaban J connectivity index is 3.28. The van der Waals surface area contributed by atoms with Crippen LogP contribution in [0.5, 0.6) is 23.0 Å². The molecular weight excluding hydrogens is 160 g/mol. The van der Waals surface area contributed by atoms with Gasteiger partial charge in [0.15, 0.2) is 11.5 Å². The van der Waals surface area contributed by atoms with Crippen LogP contribution in [0.1, 0.15) is 0 Å². The van der Waals surface area contributed by atoms with E-state index < -0.39 is 0 Å². The number of ether oxygens (including phenoxy) is 2. The summed E-state index contributed by atoms with van der Waals surface area (Å²) >= 11 is 0. The predicted molar refractivity (Wildman–Crippen MR) is 41.7 cm³/mol. The van der Waals surface area contributed by atoms with Gasteiger partial charge in [0.05, 0.1) is 14.2 Å². The molecule has 2 N–H and O–H groups in total. The molecular formula is C8H9O4. The maximum absolute atomic E-state index is 9.20. The van der Waals surface area contributed by atoms with Gasteiger partial charge in [0.25, 0.3) is 0 Å². The first-order valence-corrected chi connectivity index (χ1v) is 3.25. The third-order valence-electron chi connectivity index (χ3n) is 1.41. The molecule has 0 amide bonds. The van der Waals surface area contributed by atoms with E-state index in [4.69, 9.17) is 9.47 Å². The zero-order valence-electron chi connectivity index (χ0n) is 6.79. The van der Waals surface area contributed by atoms with Gasteiger partial charge in [0, 0.05) is 6.07 Å². The van der Waals surface area contributed by atoms with Crippen molar-refractivity contribution in [3.05, 3.63) is 12.1 Å². The first-order chi connectivity index (χ1) is 5.70. The standard InChI is InChI=1S/C8H9O4/c1-11-7-5(9)3-4-6(10)8(7)12-2/h3,9-10H,1-2H3. The third-order valence-corrected chi connectivity index (χ3v) is 1.41. The molecule has 0 aliphatic heterocycles. The summed E-state index contributed by atoms with van der Waals surface area (Å²) in [5.41, 5.74) is 0. The van der Waals surface area contributed by atoms with Gasteiger partial charge in [0.1, 0.15) is 0 Å². The van der Waals surface area contributed by atoms with Crippen molar-refractivity contribution >= 4 is 0 Å². The maximum atomic E-state index is 9.20. The molecule has 0 aromatic heterocycles. The summed E-state index contributed by atoms with van der Waals surface area (Å²) in [4.78, 5) is 0. The number of phenolic OH excluding ortho intramolecular Hbond substituents is 2. The van der Waals surface area contributed by atoms with E-state index in [1.807, 2.05) is 0 Å². The van der Waals surface area contributed by atoms with Crippen molar-refractivity contribution in [2.75, 3.05) is 14.2 Å². The van der Waals surface area contributed by atoms with Crippen LogP contribution >= 0.6 is 0 Å². The summed E-state index contributed by atoms with van der Waals surface area (Å²) in [6.45, 7) is 0. The second-order valence-electron chi connectivity index (χ2n) is 2.09. The highest BCUT2D eigenvalue weighted by Gasteiger charge is 2.13. The lowest BCUT2D eigenvalue weighted by molar-refractivity contribution is 0.316. The van der Waals surface area contributed by atoms with E-state index in [1.165, 1.54) is 20.3 Å². The fourth-order valence-electron chi connectivity index (χ4n) is 0.878. The van der Waals surface area contributed by atoms with Gasteiger partial charge in [0.2, 0.25) is 11.5 Å². The molecule has 12 heavy (non-hydrogen) atoms. The maximum Gasteiger partial charge on any atom is 0.207 e. The molecule has 0 atom stereocenters. The van der Waals surface area contributed by atoms with E-state index in [9.17, 15) is 10.2 Å². The van der Waals surface area contributed by atoms with Crippen LogP contribution in [0.3, 0.4) is 0 Å². The molecule has 0 spiro atoms. The zero-order chi connectivity index (χ0) is 9.14. The van der Waals surface area contributed by atoms with Crippen molar-refractivity contribution in [2.24, 2.45) is 0 Å². The van der Waals surface area contributed by atoms with Crippen LogP contribution < -0.4 is 9.47 Å². The summed E-state index contributed by atoms with van der Waals surface area (Å²) in [6.07, 6.45) is 0. The molecule has 1 radical (unpaired) electrons. The topological polar surface area (TPSA) is 58.9 Å². The highest BCUT2D eigenvalue weighted by Crippen LogP contribution is 2.41. The molecule has 0 aliphatic rings. The second-order valence-corrected chi connectivity index (χ2v) is 2.09. The van der Waals surface area contributed by atoms with Crippen molar-refractivity contribution in [3.63, 3.8) is 0 Å². The first-order valence-electron chi connectivity index (χ1n) is 3.25. The van der Waals surface area contributed by atoms with Crippen LogP contribution in [-0.4, -0.2) is 24.4 Å². The van der Waals surface area contributed by atoms with Crippen molar-refractivity contribution < 1.29 is 19.7 Å². The lowest BCUT2D eigenvalue weighted by Crippen LogP contribution is -1.90. The average molecular weight is 169 g/mol. The molecule has 0 unspecified atom stereocenters. The Kier molecular flexibility index (Phi) is 2.28. The minimum absolute atomic E-state index is 0.0810. The van der Waals surface area contributed by atoms with Gasteiger partial charge in [-0.3, -0.25) is 0 Å². The van der Waals surface area contributed by atoms with Gasteiger partial charge < -0.3 is 19.7 Å². The zero-order valence-corrected chi connectivity index (χ0v) is 6.79. The fourth-order valence-corrected chi connectivity index (χ4v) is 0.878. The largest absolute Gasteiger partial charge is 0.504 e. The lowest BCUT2D eigenvalue weighted by Gasteiger charge is -2.09. The summed E-state index contributed by atoms with van der Waals surface area (Å²) < 4.78 is 9.57. The van der Waals surface area contributed by atoms with Crippen LogP contribution in [0.25, 0.3) is 0 Å². The Bertz CT molecular complexity index is 254. The van der Waals surface area contributed by atoms with Crippen LogP contribution in [0.15, 0.2) is 6.07 Å². The van der Waals surface area contributed by atoms with Gasteiger partial charge in [-0.25, -0.2) is 0 Å². The van der Waals surface area contributed by atoms with Gasteiger partial charge >= 0.3 is 0 Å². The summed E-state index contributed by atoms with van der Waals surface area (Å²) in [7, 11) is 2.74. The molecule has 1 aromatic carbocycles. The Morgan fingerprint density at radius 1 is 1.17 bits per heavy atom. The van der Waals surface area contributed by atoms with Crippen molar-refractivity contribution in [2.45, 2.75) is 0 Å². The molecule has 0 aliphatic carbocycles. The van der Waals surface area contributed by atoms with Crippen LogP contribution in [0.4, 0.5) is 0 Å². The van der Waals surface area contributed by atoms with Crippen LogP contribution in [-0.2, 0) is 0 Å². The summed E-state index contributed by atoms with van der Waals surface area (Å²) in [6, 6.07) is 3.60. The Hall–Kier alpha value is -1.58. The number of hydrogen-bond acceptors (Lipinski definition) is 4. The summed E-state index contributed by atoms with van der Waals surface area (Å²) in [5.74, 6) is -0.120. The lowest BCUT2D eigenvalue weighted by atomic mass is 10.2. The average Bonchev–Trinajstić information content (AvgIpc) is 2.08. The molecule has 0 bridgehead atoms. The van der Waals surface area contributed by atoms with E-state index in [0.717, 1.165) is 0 Å². The highest BCUT2D eigenvalue weighted by molar-refractivity contribution is 5.57. The minimum atomic E-state index is -0.188. The number of benzene rings is 1. The quantitative estimate of drug-likeness (QED) is 0.646. The number of rotatable bonds is 2. The molecule has 4 heteroatoms. The summed E-state index contributed by atoms with van der Waals surface area (Å²) in [5, 5.41) is 18.4. The molecule has 65 valence electrons. The molecule has 4 nitrogen and oxygen atoms in total. The highest BCUT2D eigenvalue weighted by atomic mass is 16.5. The smallest absolute Gasteiger partial charge is 0.207 e. The molecule has 0 fully saturated rings. The number of phenols is 2. The van der Waals surface area contributed by atoms with Gasteiger partial charge in [-0.1, -0.05) is 0 Å².